The van der Waals surface area contributed by atoms with Gasteiger partial charge in [0, 0.05) is 12.6 Å². The molecule has 1 aromatic carbocycles. The molecule has 0 amide bonds. The van der Waals surface area contributed by atoms with Crippen molar-refractivity contribution in [2.24, 2.45) is 0 Å². The second-order valence-electron chi connectivity index (χ2n) is 2.94. The number of nitrogens with zero attached hydrogens (tertiary/aromatic N) is 1. The standard InChI is InChI=1S/C9H10F2N2O2/c1-2-5-12-9-7(13(14)15)4-3-6(10)8(9)11/h3-4,12H,2,5H2,1H3. The van der Waals surface area contributed by atoms with Crippen LogP contribution in [0.5, 0.6) is 0 Å². The van der Waals surface area contributed by atoms with Crippen LogP contribution in [0.1, 0.15) is 13.3 Å². The van der Waals surface area contributed by atoms with E-state index in [1.54, 1.807) is 0 Å². The molecule has 0 aliphatic heterocycles. The first kappa shape index (κ1) is 11.4. The van der Waals surface area contributed by atoms with Crippen LogP contribution in [0, 0.1) is 21.7 Å². The van der Waals surface area contributed by atoms with Crippen molar-refractivity contribution < 1.29 is 13.7 Å². The second kappa shape index (κ2) is 4.68. The third kappa shape index (κ3) is 2.39. The summed E-state index contributed by atoms with van der Waals surface area (Å²) in [4.78, 5) is 9.78. The van der Waals surface area contributed by atoms with Crippen molar-refractivity contribution in [3.8, 4) is 0 Å². The molecule has 0 aliphatic rings. The van der Waals surface area contributed by atoms with Gasteiger partial charge in [-0.1, -0.05) is 6.92 Å². The molecule has 0 fully saturated rings. The minimum Gasteiger partial charge on any atom is -0.377 e. The van der Waals surface area contributed by atoms with Gasteiger partial charge in [0.05, 0.1) is 4.92 Å². The lowest BCUT2D eigenvalue weighted by atomic mass is 10.2. The number of halogens is 2. The molecule has 1 rings (SSSR count). The predicted octanol–water partition coefficient (Wildman–Crippen LogP) is 2.69. The molecule has 0 unspecified atom stereocenters. The van der Waals surface area contributed by atoms with Crippen molar-refractivity contribution in [3.63, 3.8) is 0 Å². The highest BCUT2D eigenvalue weighted by atomic mass is 19.2. The summed E-state index contributed by atoms with van der Waals surface area (Å²) >= 11 is 0. The van der Waals surface area contributed by atoms with E-state index in [2.05, 4.69) is 5.32 Å². The molecule has 0 spiro atoms. The molecule has 0 saturated carbocycles. The molecule has 0 saturated heterocycles. The van der Waals surface area contributed by atoms with E-state index in [9.17, 15) is 18.9 Å². The van der Waals surface area contributed by atoms with E-state index < -0.39 is 22.2 Å². The first-order valence-electron chi connectivity index (χ1n) is 4.44. The van der Waals surface area contributed by atoms with Gasteiger partial charge in [-0.3, -0.25) is 10.1 Å². The molecule has 0 aliphatic carbocycles. The van der Waals surface area contributed by atoms with Crippen LogP contribution in [0.2, 0.25) is 0 Å². The van der Waals surface area contributed by atoms with E-state index in [-0.39, 0.29) is 5.69 Å². The Hall–Kier alpha value is -1.72. The van der Waals surface area contributed by atoms with Gasteiger partial charge in [-0.2, -0.15) is 0 Å². The van der Waals surface area contributed by atoms with Gasteiger partial charge < -0.3 is 5.32 Å². The van der Waals surface area contributed by atoms with Gasteiger partial charge in [0.15, 0.2) is 17.3 Å². The van der Waals surface area contributed by atoms with Crippen LogP contribution in [0.15, 0.2) is 12.1 Å². The number of benzene rings is 1. The molecule has 4 nitrogen and oxygen atoms in total. The Bertz CT molecular complexity index is 383. The molecular weight excluding hydrogens is 206 g/mol. The lowest BCUT2D eigenvalue weighted by Gasteiger charge is -2.06. The van der Waals surface area contributed by atoms with Gasteiger partial charge in [-0.05, 0) is 12.5 Å². The minimum atomic E-state index is -1.21. The predicted molar refractivity (Wildman–Crippen MR) is 51.8 cm³/mol. The maximum atomic E-state index is 13.2. The first-order chi connectivity index (χ1) is 7.07. The molecule has 0 radical (unpaired) electrons. The number of nitrogens with one attached hydrogen (secondary N) is 1. The van der Waals surface area contributed by atoms with Crippen LogP contribution < -0.4 is 5.32 Å². The quantitative estimate of drug-likeness (QED) is 0.621. The first-order valence-corrected chi connectivity index (χ1v) is 4.44. The Morgan fingerprint density at radius 3 is 2.67 bits per heavy atom. The zero-order chi connectivity index (χ0) is 11.4. The van der Waals surface area contributed by atoms with E-state index in [1.807, 2.05) is 6.92 Å². The van der Waals surface area contributed by atoms with E-state index in [0.29, 0.717) is 13.0 Å². The molecule has 0 aromatic heterocycles. The fourth-order valence-electron chi connectivity index (χ4n) is 1.11. The van der Waals surface area contributed by atoms with Crippen LogP contribution in [0.4, 0.5) is 20.2 Å². The number of nitro benzene ring substituents is 1. The van der Waals surface area contributed by atoms with Gasteiger partial charge in [0.25, 0.3) is 5.69 Å². The van der Waals surface area contributed by atoms with Crippen molar-refractivity contribution in [2.45, 2.75) is 13.3 Å². The zero-order valence-corrected chi connectivity index (χ0v) is 8.09. The fourth-order valence-corrected chi connectivity index (χ4v) is 1.11. The fraction of sp³-hybridized carbons (Fsp3) is 0.333. The number of anilines is 1. The Labute approximate surface area is 85.1 Å². The summed E-state index contributed by atoms with van der Waals surface area (Å²) in [6.07, 6.45) is 0.660. The summed E-state index contributed by atoms with van der Waals surface area (Å²) in [7, 11) is 0. The second-order valence-corrected chi connectivity index (χ2v) is 2.94. The monoisotopic (exact) mass is 216 g/mol. The zero-order valence-electron chi connectivity index (χ0n) is 8.09. The third-order valence-corrected chi connectivity index (χ3v) is 1.82. The highest BCUT2D eigenvalue weighted by Gasteiger charge is 2.20. The summed E-state index contributed by atoms with van der Waals surface area (Å²) in [5, 5.41) is 13.0. The molecule has 1 N–H and O–H groups in total. The molecule has 6 heteroatoms. The Balaban J connectivity index is 3.16. The van der Waals surface area contributed by atoms with Crippen molar-refractivity contribution in [3.05, 3.63) is 33.9 Å². The van der Waals surface area contributed by atoms with Gasteiger partial charge in [-0.25, -0.2) is 8.78 Å². The van der Waals surface area contributed by atoms with E-state index in [4.69, 9.17) is 0 Å². The van der Waals surface area contributed by atoms with Crippen molar-refractivity contribution in [2.75, 3.05) is 11.9 Å². The van der Waals surface area contributed by atoms with Gasteiger partial charge in [-0.15, -0.1) is 0 Å². The smallest absolute Gasteiger partial charge is 0.295 e. The van der Waals surface area contributed by atoms with Crippen LogP contribution >= 0.6 is 0 Å². The van der Waals surface area contributed by atoms with E-state index >= 15 is 0 Å². The molecule has 0 bridgehead atoms. The highest BCUT2D eigenvalue weighted by Crippen LogP contribution is 2.28. The number of hydrogen-bond donors (Lipinski definition) is 1. The Morgan fingerprint density at radius 2 is 2.13 bits per heavy atom. The van der Waals surface area contributed by atoms with Crippen molar-refractivity contribution in [1.82, 2.24) is 0 Å². The van der Waals surface area contributed by atoms with Gasteiger partial charge in [0.1, 0.15) is 0 Å². The van der Waals surface area contributed by atoms with E-state index in [0.717, 1.165) is 12.1 Å². The molecule has 0 heterocycles. The number of rotatable bonds is 4. The topological polar surface area (TPSA) is 55.2 Å². The molecule has 82 valence electrons. The SMILES string of the molecule is CCCNc1c([N+](=O)[O-])ccc(F)c1F. The Morgan fingerprint density at radius 1 is 1.47 bits per heavy atom. The third-order valence-electron chi connectivity index (χ3n) is 1.82. The maximum absolute atomic E-state index is 13.2. The normalized spacial score (nSPS) is 10.1. The molecule has 1 aromatic rings. The van der Waals surface area contributed by atoms with Crippen LogP contribution in [-0.2, 0) is 0 Å². The van der Waals surface area contributed by atoms with Crippen LogP contribution in [-0.4, -0.2) is 11.5 Å². The summed E-state index contributed by atoms with van der Waals surface area (Å²) < 4.78 is 26.0. The van der Waals surface area contributed by atoms with Crippen LogP contribution in [0.3, 0.4) is 0 Å². The average Bonchev–Trinajstić information content (AvgIpc) is 2.19. The lowest BCUT2D eigenvalue weighted by Crippen LogP contribution is -2.06. The average molecular weight is 216 g/mol. The Kier molecular flexibility index (Phi) is 3.54. The molecule has 15 heavy (non-hydrogen) atoms. The number of hydrogen-bond acceptors (Lipinski definition) is 3. The molecular formula is C9H10F2N2O2. The molecule has 0 atom stereocenters. The summed E-state index contributed by atoms with van der Waals surface area (Å²) in [6, 6.07) is 1.68. The lowest BCUT2D eigenvalue weighted by molar-refractivity contribution is -0.384. The van der Waals surface area contributed by atoms with Crippen LogP contribution in [0.25, 0.3) is 0 Å². The highest BCUT2D eigenvalue weighted by molar-refractivity contribution is 5.62. The summed E-state index contributed by atoms with van der Waals surface area (Å²) in [6.45, 7) is 2.16. The van der Waals surface area contributed by atoms with Crippen molar-refractivity contribution >= 4 is 11.4 Å². The largest absolute Gasteiger partial charge is 0.377 e. The minimum absolute atomic E-state index is 0.348. The van der Waals surface area contributed by atoms with Crippen molar-refractivity contribution in [1.29, 1.82) is 0 Å². The van der Waals surface area contributed by atoms with E-state index in [1.165, 1.54) is 0 Å². The van der Waals surface area contributed by atoms with Gasteiger partial charge in [0.2, 0.25) is 0 Å². The number of nitro groups is 1. The summed E-state index contributed by atoms with van der Waals surface area (Å²) in [5.74, 6) is -2.31. The maximum Gasteiger partial charge on any atom is 0.295 e. The van der Waals surface area contributed by atoms with Gasteiger partial charge >= 0.3 is 0 Å². The summed E-state index contributed by atoms with van der Waals surface area (Å²) in [5.41, 5.74) is -0.843.